The first-order chi connectivity index (χ1) is 10.2. The molecule has 1 aromatic heterocycles. The van der Waals surface area contributed by atoms with E-state index in [0.717, 1.165) is 13.0 Å². The molecule has 3 nitrogen and oxygen atoms in total. The van der Waals surface area contributed by atoms with Crippen LogP contribution in [0.4, 0.5) is 0 Å². The molecule has 3 heteroatoms. The molecule has 1 fully saturated rings. The van der Waals surface area contributed by atoms with Gasteiger partial charge in [0.05, 0.1) is 0 Å². The number of aryl methyl sites for hydroxylation is 2. The first-order valence-electron chi connectivity index (χ1n) is 8.09. The maximum atomic E-state index is 9.54. The minimum absolute atomic E-state index is 0.311. The van der Waals surface area contributed by atoms with Crippen molar-refractivity contribution in [2.45, 2.75) is 45.2 Å². The number of nitrogens with zero attached hydrogens (tertiary/aromatic N) is 1. The SMILES string of the molecule is Cc1c(CNC2CCCCC2CO)n(C)c2ccccc12. The van der Waals surface area contributed by atoms with Gasteiger partial charge in [-0.1, -0.05) is 31.0 Å². The van der Waals surface area contributed by atoms with Crippen molar-refractivity contribution in [3.63, 3.8) is 0 Å². The van der Waals surface area contributed by atoms with Crippen LogP contribution in [0.15, 0.2) is 24.3 Å². The summed E-state index contributed by atoms with van der Waals surface area (Å²) in [5.41, 5.74) is 4.03. The summed E-state index contributed by atoms with van der Waals surface area (Å²) in [6.07, 6.45) is 4.88. The summed E-state index contributed by atoms with van der Waals surface area (Å²) < 4.78 is 2.30. The van der Waals surface area contributed by atoms with Gasteiger partial charge in [0, 0.05) is 42.8 Å². The molecule has 0 radical (unpaired) electrons. The van der Waals surface area contributed by atoms with Crippen LogP contribution in [-0.4, -0.2) is 22.3 Å². The lowest BCUT2D eigenvalue weighted by atomic mass is 9.85. The molecule has 114 valence electrons. The Bertz CT molecular complexity index is 578. The molecule has 0 aliphatic heterocycles. The van der Waals surface area contributed by atoms with Crippen molar-refractivity contribution in [2.24, 2.45) is 13.0 Å². The van der Waals surface area contributed by atoms with Gasteiger partial charge in [-0.2, -0.15) is 0 Å². The fourth-order valence-electron chi connectivity index (χ4n) is 3.81. The second-order valence-corrected chi connectivity index (χ2v) is 6.36. The number of para-hydroxylation sites is 1. The van der Waals surface area contributed by atoms with Gasteiger partial charge in [-0.25, -0.2) is 0 Å². The van der Waals surface area contributed by atoms with Gasteiger partial charge >= 0.3 is 0 Å². The Morgan fingerprint density at radius 2 is 2.00 bits per heavy atom. The number of benzene rings is 1. The minimum Gasteiger partial charge on any atom is -0.396 e. The molecule has 1 aliphatic rings. The fourth-order valence-corrected chi connectivity index (χ4v) is 3.81. The monoisotopic (exact) mass is 286 g/mol. The Balaban J connectivity index is 1.79. The van der Waals surface area contributed by atoms with Crippen LogP contribution in [0.1, 0.15) is 36.9 Å². The van der Waals surface area contributed by atoms with Crippen molar-refractivity contribution < 1.29 is 5.11 Å². The van der Waals surface area contributed by atoms with Crippen molar-refractivity contribution >= 4 is 10.9 Å². The third-order valence-corrected chi connectivity index (χ3v) is 5.18. The Hall–Kier alpha value is -1.32. The summed E-state index contributed by atoms with van der Waals surface area (Å²) in [6, 6.07) is 9.05. The van der Waals surface area contributed by atoms with E-state index in [1.165, 1.54) is 41.4 Å². The van der Waals surface area contributed by atoms with E-state index in [4.69, 9.17) is 0 Å². The molecule has 1 aliphatic carbocycles. The molecular formula is C18H26N2O. The van der Waals surface area contributed by atoms with Crippen molar-refractivity contribution in [3.05, 3.63) is 35.5 Å². The highest BCUT2D eigenvalue weighted by Gasteiger charge is 2.24. The molecule has 2 unspecified atom stereocenters. The molecular weight excluding hydrogens is 260 g/mol. The molecule has 2 aromatic rings. The third kappa shape index (κ3) is 2.72. The number of aliphatic hydroxyl groups excluding tert-OH is 1. The average molecular weight is 286 g/mol. The van der Waals surface area contributed by atoms with Crippen LogP contribution in [0.2, 0.25) is 0 Å². The zero-order chi connectivity index (χ0) is 14.8. The van der Waals surface area contributed by atoms with Crippen LogP contribution in [0.3, 0.4) is 0 Å². The van der Waals surface area contributed by atoms with Crippen molar-refractivity contribution in [3.8, 4) is 0 Å². The van der Waals surface area contributed by atoms with E-state index in [1.807, 2.05) is 0 Å². The van der Waals surface area contributed by atoms with Gasteiger partial charge in [-0.15, -0.1) is 0 Å². The normalized spacial score (nSPS) is 22.8. The van der Waals surface area contributed by atoms with Gasteiger partial charge in [-0.05, 0) is 37.3 Å². The lowest BCUT2D eigenvalue weighted by molar-refractivity contribution is 0.152. The molecule has 1 aromatic carbocycles. The van der Waals surface area contributed by atoms with Crippen molar-refractivity contribution in [2.75, 3.05) is 6.61 Å². The molecule has 0 saturated heterocycles. The zero-order valence-corrected chi connectivity index (χ0v) is 13.1. The van der Waals surface area contributed by atoms with E-state index in [2.05, 4.69) is 48.1 Å². The third-order valence-electron chi connectivity index (χ3n) is 5.18. The average Bonchev–Trinajstić information content (AvgIpc) is 2.78. The van der Waals surface area contributed by atoms with E-state index < -0.39 is 0 Å². The standard InChI is InChI=1S/C18H26N2O/c1-13-15-8-4-6-10-17(15)20(2)18(13)11-19-16-9-5-3-7-14(16)12-21/h4,6,8,10,14,16,19,21H,3,5,7,9,11-12H2,1-2H3. The summed E-state index contributed by atoms with van der Waals surface area (Å²) in [6.45, 7) is 3.41. The van der Waals surface area contributed by atoms with Gasteiger partial charge in [0.15, 0.2) is 0 Å². The molecule has 0 amide bonds. The first kappa shape index (κ1) is 14.6. The second kappa shape index (κ2) is 6.20. The highest BCUT2D eigenvalue weighted by atomic mass is 16.3. The predicted octanol–water partition coefficient (Wildman–Crippen LogP) is 3.13. The Morgan fingerprint density at radius 3 is 2.76 bits per heavy atom. The summed E-state index contributed by atoms with van der Waals surface area (Å²) >= 11 is 0. The largest absolute Gasteiger partial charge is 0.396 e. The molecule has 2 N–H and O–H groups in total. The number of hydrogen-bond acceptors (Lipinski definition) is 2. The molecule has 1 heterocycles. The van der Waals surface area contributed by atoms with E-state index in [-0.39, 0.29) is 0 Å². The number of nitrogens with one attached hydrogen (secondary N) is 1. The molecule has 0 bridgehead atoms. The van der Waals surface area contributed by atoms with Gasteiger partial charge in [0.2, 0.25) is 0 Å². The van der Waals surface area contributed by atoms with Gasteiger partial charge in [0.1, 0.15) is 0 Å². The van der Waals surface area contributed by atoms with Crippen LogP contribution >= 0.6 is 0 Å². The lowest BCUT2D eigenvalue weighted by Crippen LogP contribution is -2.40. The van der Waals surface area contributed by atoms with Gasteiger partial charge in [0.25, 0.3) is 0 Å². The summed E-state index contributed by atoms with van der Waals surface area (Å²) in [5.74, 6) is 0.425. The predicted molar refractivity (Wildman–Crippen MR) is 87.3 cm³/mol. The quantitative estimate of drug-likeness (QED) is 0.906. The molecule has 2 atom stereocenters. The first-order valence-corrected chi connectivity index (χ1v) is 8.09. The second-order valence-electron chi connectivity index (χ2n) is 6.36. The Kier molecular flexibility index (Phi) is 4.32. The van der Waals surface area contributed by atoms with Gasteiger partial charge in [-0.3, -0.25) is 0 Å². The van der Waals surface area contributed by atoms with Crippen molar-refractivity contribution in [1.29, 1.82) is 0 Å². The number of aromatic nitrogens is 1. The van der Waals surface area contributed by atoms with Crippen LogP contribution in [-0.2, 0) is 13.6 Å². The van der Waals surface area contributed by atoms with E-state index >= 15 is 0 Å². The lowest BCUT2D eigenvalue weighted by Gasteiger charge is -2.31. The van der Waals surface area contributed by atoms with Crippen LogP contribution < -0.4 is 5.32 Å². The zero-order valence-electron chi connectivity index (χ0n) is 13.1. The van der Waals surface area contributed by atoms with Gasteiger partial charge < -0.3 is 15.0 Å². The number of rotatable bonds is 4. The number of aliphatic hydroxyl groups is 1. The summed E-state index contributed by atoms with van der Waals surface area (Å²) in [7, 11) is 2.15. The molecule has 0 spiro atoms. The highest BCUT2D eigenvalue weighted by Crippen LogP contribution is 2.27. The fraction of sp³-hybridized carbons (Fsp3) is 0.556. The molecule has 21 heavy (non-hydrogen) atoms. The smallest absolute Gasteiger partial charge is 0.0483 e. The van der Waals surface area contributed by atoms with Crippen LogP contribution in [0.25, 0.3) is 10.9 Å². The van der Waals surface area contributed by atoms with Crippen LogP contribution in [0, 0.1) is 12.8 Å². The van der Waals surface area contributed by atoms with E-state index in [0.29, 0.717) is 18.6 Å². The van der Waals surface area contributed by atoms with E-state index in [9.17, 15) is 5.11 Å². The van der Waals surface area contributed by atoms with E-state index in [1.54, 1.807) is 0 Å². The highest BCUT2D eigenvalue weighted by molar-refractivity contribution is 5.85. The summed E-state index contributed by atoms with van der Waals surface area (Å²) in [5, 5.41) is 14.6. The van der Waals surface area contributed by atoms with Crippen LogP contribution in [0.5, 0.6) is 0 Å². The molecule has 3 rings (SSSR count). The topological polar surface area (TPSA) is 37.2 Å². The number of hydrogen-bond donors (Lipinski definition) is 2. The summed E-state index contributed by atoms with van der Waals surface area (Å²) in [4.78, 5) is 0. The Morgan fingerprint density at radius 1 is 1.24 bits per heavy atom. The maximum absolute atomic E-state index is 9.54. The number of fused-ring (bicyclic) bond motifs is 1. The molecule has 1 saturated carbocycles. The Labute approximate surface area is 127 Å². The maximum Gasteiger partial charge on any atom is 0.0483 e. The van der Waals surface area contributed by atoms with Crippen molar-refractivity contribution in [1.82, 2.24) is 9.88 Å². The minimum atomic E-state index is 0.311.